The molecule has 184 valence electrons. The smallest absolute Gasteiger partial charge is 0.417 e. The van der Waals surface area contributed by atoms with Crippen LogP contribution in [-0.4, -0.2) is 49.0 Å². The first-order valence-corrected chi connectivity index (χ1v) is 10.1. The van der Waals surface area contributed by atoms with Crippen LogP contribution in [0.2, 0.25) is 0 Å². The molecule has 1 aliphatic rings. The number of pyridine rings is 1. The van der Waals surface area contributed by atoms with Crippen molar-refractivity contribution >= 4 is 17.6 Å². The summed E-state index contributed by atoms with van der Waals surface area (Å²) < 4.78 is 84.8. The lowest BCUT2D eigenvalue weighted by Crippen LogP contribution is -2.45. The SMILES string of the molecule is CC[C@]1(C(F)(F)F)C[C@@H](c2ccc(F)c(F)c2OC)[C@H](C(=O)Nc2ccnc(C(=O)OC)c2)O1. The van der Waals surface area contributed by atoms with Gasteiger partial charge >= 0.3 is 12.1 Å². The number of anilines is 1. The molecular weight excluding hydrogens is 467 g/mol. The summed E-state index contributed by atoms with van der Waals surface area (Å²) in [6, 6.07) is 4.29. The number of carbonyl (C=O) groups excluding carboxylic acids is 2. The molecule has 0 spiro atoms. The van der Waals surface area contributed by atoms with Gasteiger partial charge in [-0.15, -0.1) is 0 Å². The maximum Gasteiger partial charge on any atom is 0.417 e. The van der Waals surface area contributed by atoms with Crippen LogP contribution in [-0.2, 0) is 14.3 Å². The molecule has 1 saturated heterocycles. The second kappa shape index (κ2) is 9.53. The average molecular weight is 488 g/mol. The molecule has 0 aliphatic carbocycles. The molecule has 1 amide bonds. The molecule has 34 heavy (non-hydrogen) atoms. The van der Waals surface area contributed by atoms with E-state index in [1.54, 1.807) is 0 Å². The van der Waals surface area contributed by atoms with Crippen LogP contribution in [0.25, 0.3) is 0 Å². The fourth-order valence-electron chi connectivity index (χ4n) is 3.94. The van der Waals surface area contributed by atoms with Gasteiger partial charge in [0.15, 0.2) is 17.2 Å². The van der Waals surface area contributed by atoms with Crippen molar-refractivity contribution in [2.24, 2.45) is 0 Å². The number of halogens is 5. The van der Waals surface area contributed by atoms with Crippen LogP contribution < -0.4 is 10.1 Å². The Labute approximate surface area is 191 Å². The van der Waals surface area contributed by atoms with E-state index in [2.05, 4.69) is 15.0 Å². The Morgan fingerprint density at radius 3 is 2.53 bits per heavy atom. The van der Waals surface area contributed by atoms with Crippen molar-refractivity contribution in [3.05, 3.63) is 53.4 Å². The summed E-state index contributed by atoms with van der Waals surface area (Å²) in [6.07, 6.45) is -6.65. The van der Waals surface area contributed by atoms with Gasteiger partial charge in [-0.3, -0.25) is 4.79 Å². The molecule has 1 aromatic heterocycles. The Balaban J connectivity index is 2.03. The zero-order valence-corrected chi connectivity index (χ0v) is 18.3. The fourth-order valence-corrected chi connectivity index (χ4v) is 3.94. The maximum atomic E-state index is 14.3. The van der Waals surface area contributed by atoms with Crippen molar-refractivity contribution in [1.29, 1.82) is 0 Å². The lowest BCUT2D eigenvalue weighted by molar-refractivity contribution is -0.270. The second-order valence-electron chi connectivity index (χ2n) is 7.59. The standard InChI is InChI=1S/C22H21F5N2O5/c1-4-21(22(25,26)27)10-13(12-5-6-14(23)16(24)17(12)32-2)18(34-21)19(30)29-11-7-8-28-15(9-11)20(31)33-3/h5-9,13,18H,4,10H2,1-3H3,(H,28,29,30)/t13-,18+,21+/m0/s1. The van der Waals surface area contributed by atoms with Gasteiger partial charge in [0.1, 0.15) is 11.8 Å². The third kappa shape index (κ3) is 4.54. The molecule has 0 unspecified atom stereocenters. The Morgan fingerprint density at radius 1 is 1.24 bits per heavy atom. The highest BCUT2D eigenvalue weighted by atomic mass is 19.4. The van der Waals surface area contributed by atoms with E-state index in [0.29, 0.717) is 0 Å². The van der Waals surface area contributed by atoms with Crippen LogP contribution in [0.1, 0.15) is 41.7 Å². The van der Waals surface area contributed by atoms with Gasteiger partial charge in [-0.25, -0.2) is 14.2 Å². The number of ether oxygens (including phenoxy) is 3. The highest BCUT2D eigenvalue weighted by molar-refractivity contribution is 5.96. The zero-order chi connectivity index (χ0) is 25.3. The Morgan fingerprint density at radius 2 is 1.94 bits per heavy atom. The quantitative estimate of drug-likeness (QED) is 0.480. The lowest BCUT2D eigenvalue weighted by atomic mass is 9.84. The Kier molecular flexibility index (Phi) is 7.10. The molecule has 1 aromatic carbocycles. The first-order chi connectivity index (χ1) is 16.0. The summed E-state index contributed by atoms with van der Waals surface area (Å²) in [6.45, 7) is 1.25. The monoisotopic (exact) mass is 488 g/mol. The number of benzene rings is 1. The van der Waals surface area contributed by atoms with Crippen LogP contribution in [0.3, 0.4) is 0 Å². The van der Waals surface area contributed by atoms with Crippen LogP contribution >= 0.6 is 0 Å². The van der Waals surface area contributed by atoms with Gasteiger partial charge in [-0.1, -0.05) is 13.0 Å². The van der Waals surface area contributed by atoms with Gasteiger partial charge in [0, 0.05) is 23.4 Å². The number of hydrogen-bond donors (Lipinski definition) is 1. The molecule has 1 aliphatic heterocycles. The van der Waals surface area contributed by atoms with E-state index in [1.807, 2.05) is 0 Å². The van der Waals surface area contributed by atoms with E-state index < -0.39 is 65.9 Å². The normalized spacial score (nSPS) is 22.4. The highest BCUT2D eigenvalue weighted by Gasteiger charge is 2.63. The molecule has 7 nitrogen and oxygen atoms in total. The Hall–Kier alpha value is -3.28. The first-order valence-electron chi connectivity index (χ1n) is 10.1. The lowest BCUT2D eigenvalue weighted by Gasteiger charge is -2.30. The van der Waals surface area contributed by atoms with Crippen LogP contribution in [0.4, 0.5) is 27.6 Å². The average Bonchev–Trinajstić information content (AvgIpc) is 3.22. The van der Waals surface area contributed by atoms with E-state index in [0.717, 1.165) is 26.4 Å². The molecule has 2 heterocycles. The summed E-state index contributed by atoms with van der Waals surface area (Å²) in [5.41, 5.74) is -2.96. The minimum Gasteiger partial charge on any atom is -0.493 e. The third-order valence-corrected chi connectivity index (χ3v) is 5.72. The van der Waals surface area contributed by atoms with E-state index in [9.17, 15) is 31.5 Å². The number of rotatable bonds is 6. The number of esters is 1. The molecule has 3 rings (SSSR count). The van der Waals surface area contributed by atoms with Gasteiger partial charge in [-0.05, 0) is 31.0 Å². The highest BCUT2D eigenvalue weighted by Crippen LogP contribution is 2.53. The first kappa shape index (κ1) is 25.3. The van der Waals surface area contributed by atoms with E-state index in [-0.39, 0.29) is 16.9 Å². The van der Waals surface area contributed by atoms with Gasteiger partial charge in [0.2, 0.25) is 5.82 Å². The zero-order valence-electron chi connectivity index (χ0n) is 18.3. The van der Waals surface area contributed by atoms with Crippen molar-refractivity contribution in [1.82, 2.24) is 4.98 Å². The number of nitrogens with zero attached hydrogens (tertiary/aromatic N) is 1. The molecule has 1 N–H and O–H groups in total. The van der Waals surface area contributed by atoms with Gasteiger partial charge in [0.05, 0.1) is 14.2 Å². The van der Waals surface area contributed by atoms with Crippen molar-refractivity contribution < 1.29 is 45.8 Å². The summed E-state index contributed by atoms with van der Waals surface area (Å²) >= 11 is 0. The minimum atomic E-state index is -4.85. The van der Waals surface area contributed by atoms with Gasteiger partial charge in [-0.2, -0.15) is 17.6 Å². The van der Waals surface area contributed by atoms with Crippen molar-refractivity contribution in [2.45, 2.75) is 43.6 Å². The number of methoxy groups -OCH3 is 2. The summed E-state index contributed by atoms with van der Waals surface area (Å²) in [5.74, 6) is -6.37. The van der Waals surface area contributed by atoms with Gasteiger partial charge in [0.25, 0.3) is 5.91 Å². The molecule has 0 radical (unpaired) electrons. The van der Waals surface area contributed by atoms with Crippen molar-refractivity contribution in [2.75, 3.05) is 19.5 Å². The molecule has 1 fully saturated rings. The molecular formula is C22H21F5N2O5. The number of carbonyl (C=O) groups is 2. The number of hydrogen-bond acceptors (Lipinski definition) is 6. The predicted octanol–water partition coefficient (Wildman–Crippen LogP) is 4.38. The summed E-state index contributed by atoms with van der Waals surface area (Å²) in [4.78, 5) is 28.6. The molecule has 0 saturated carbocycles. The van der Waals surface area contributed by atoms with E-state index in [4.69, 9.17) is 9.47 Å². The van der Waals surface area contributed by atoms with Crippen molar-refractivity contribution in [3.8, 4) is 5.75 Å². The van der Waals surface area contributed by atoms with Crippen LogP contribution in [0, 0.1) is 11.6 Å². The topological polar surface area (TPSA) is 86.8 Å². The van der Waals surface area contributed by atoms with Crippen LogP contribution in [0.15, 0.2) is 30.5 Å². The van der Waals surface area contributed by atoms with Crippen molar-refractivity contribution in [3.63, 3.8) is 0 Å². The largest absolute Gasteiger partial charge is 0.493 e. The molecule has 3 atom stereocenters. The molecule has 0 bridgehead atoms. The Bertz CT molecular complexity index is 1090. The number of aromatic nitrogens is 1. The molecule has 2 aromatic rings. The maximum absolute atomic E-state index is 14.3. The van der Waals surface area contributed by atoms with E-state index >= 15 is 0 Å². The summed E-state index contributed by atoms with van der Waals surface area (Å²) in [7, 11) is 2.16. The predicted molar refractivity (Wildman–Crippen MR) is 108 cm³/mol. The summed E-state index contributed by atoms with van der Waals surface area (Å²) in [5, 5.41) is 2.39. The van der Waals surface area contributed by atoms with Crippen LogP contribution in [0.5, 0.6) is 5.75 Å². The number of alkyl halides is 3. The van der Waals surface area contributed by atoms with Gasteiger partial charge < -0.3 is 19.5 Å². The third-order valence-electron chi connectivity index (χ3n) is 5.72. The molecule has 12 heteroatoms. The van der Waals surface area contributed by atoms with E-state index in [1.165, 1.54) is 25.3 Å². The second-order valence-corrected chi connectivity index (χ2v) is 7.59. The minimum absolute atomic E-state index is 0.0426. The number of nitrogens with one attached hydrogen (secondary N) is 1. The number of amides is 1. The fraction of sp³-hybridized carbons (Fsp3) is 0.409.